The second-order valence-electron chi connectivity index (χ2n) is 10.6. The van der Waals surface area contributed by atoms with Gasteiger partial charge in [-0.25, -0.2) is 4.39 Å². The predicted molar refractivity (Wildman–Crippen MR) is 147 cm³/mol. The van der Waals surface area contributed by atoms with Gasteiger partial charge in [0.2, 0.25) is 5.91 Å². The largest absolute Gasteiger partial charge is 0.341 e. The summed E-state index contributed by atoms with van der Waals surface area (Å²) in [6.07, 6.45) is 2.51. The molecular weight excluding hydrogens is 550 g/mol. The molecule has 1 saturated carbocycles. The highest BCUT2D eigenvalue weighted by molar-refractivity contribution is 7.86. The predicted octanol–water partition coefficient (Wildman–Crippen LogP) is 4.01. The number of likely N-dealkylation sites (N-methyl/N-ethyl adjacent to an activating group) is 1. The third-order valence-corrected chi connectivity index (χ3v) is 10.9. The van der Waals surface area contributed by atoms with Crippen LogP contribution in [0.5, 0.6) is 0 Å². The monoisotopic (exact) mass is 582 g/mol. The minimum absolute atomic E-state index is 0.0135. The normalized spacial score (nSPS) is 25.0. The van der Waals surface area contributed by atoms with Crippen LogP contribution in [-0.4, -0.2) is 85.6 Å². The molecule has 0 bridgehead atoms. The summed E-state index contributed by atoms with van der Waals surface area (Å²) in [4.78, 5) is 17.9. The molecule has 2 atom stereocenters. The smallest absolute Gasteiger partial charge is 0.282 e. The molecule has 2 aliphatic heterocycles. The van der Waals surface area contributed by atoms with Gasteiger partial charge in [-0.2, -0.15) is 17.0 Å². The molecule has 2 aromatic rings. The number of hydrogen-bond acceptors (Lipinski definition) is 4. The molecule has 2 saturated heterocycles. The van der Waals surface area contributed by atoms with Gasteiger partial charge in [0, 0.05) is 59.4 Å². The average molecular weight is 584 g/mol. The van der Waals surface area contributed by atoms with E-state index in [2.05, 4.69) is 4.90 Å². The van der Waals surface area contributed by atoms with Gasteiger partial charge in [0.25, 0.3) is 10.2 Å². The van der Waals surface area contributed by atoms with Crippen LogP contribution >= 0.6 is 23.2 Å². The van der Waals surface area contributed by atoms with Crippen LogP contribution in [0.4, 0.5) is 4.39 Å². The minimum Gasteiger partial charge on any atom is -0.341 e. The summed E-state index contributed by atoms with van der Waals surface area (Å²) >= 11 is 12.5. The molecule has 0 spiro atoms. The summed E-state index contributed by atoms with van der Waals surface area (Å²) in [6, 6.07) is 11.5. The van der Waals surface area contributed by atoms with Crippen LogP contribution < -0.4 is 0 Å². The van der Waals surface area contributed by atoms with Gasteiger partial charge in [0.1, 0.15) is 5.82 Å². The van der Waals surface area contributed by atoms with E-state index in [1.807, 2.05) is 6.07 Å². The van der Waals surface area contributed by atoms with Gasteiger partial charge < -0.3 is 9.80 Å². The van der Waals surface area contributed by atoms with Crippen LogP contribution in [0.3, 0.4) is 0 Å². The molecule has 2 aromatic carbocycles. The standard InChI is InChI=1S/C27H33Cl2FN4O3S/c1-31(18-20-4-7-23(30)8-5-20)26(35)27(21-6-9-24(28)25(29)16-21)17-22(27)19-32-12-14-34(15-13-32)38(36,37)33-10-2-3-11-33/h4-9,16,22H,2-3,10-15,17-19H2,1H3/t22-,27+/m0/s1. The van der Waals surface area contributed by atoms with E-state index in [9.17, 15) is 17.6 Å². The summed E-state index contributed by atoms with van der Waals surface area (Å²) in [5.41, 5.74) is 0.948. The molecule has 2 heterocycles. The van der Waals surface area contributed by atoms with E-state index in [-0.39, 0.29) is 17.6 Å². The fraction of sp³-hybridized carbons (Fsp3) is 0.519. The maximum atomic E-state index is 13.9. The molecule has 0 radical (unpaired) electrons. The van der Waals surface area contributed by atoms with Crippen LogP contribution in [-0.2, 0) is 27.0 Å². The van der Waals surface area contributed by atoms with Crippen molar-refractivity contribution in [2.24, 2.45) is 5.92 Å². The SMILES string of the molecule is CN(Cc1ccc(F)cc1)C(=O)[C@@]1(c2ccc(Cl)c(Cl)c2)C[C@H]1CN1CCN(S(=O)(=O)N2CCCC2)CC1. The summed E-state index contributed by atoms with van der Waals surface area (Å²) in [7, 11) is -1.64. The number of halogens is 3. The van der Waals surface area contributed by atoms with Crippen LogP contribution in [0.25, 0.3) is 0 Å². The lowest BCUT2D eigenvalue weighted by atomic mass is 9.91. The number of carbonyl (C=O) groups is 1. The Kier molecular flexibility index (Phi) is 8.06. The number of carbonyl (C=O) groups excluding carboxylic acids is 1. The zero-order valence-corrected chi connectivity index (χ0v) is 23.8. The Balaban J connectivity index is 1.29. The first-order chi connectivity index (χ1) is 18.1. The van der Waals surface area contributed by atoms with E-state index in [1.165, 1.54) is 12.1 Å². The van der Waals surface area contributed by atoms with Crippen molar-refractivity contribution in [3.63, 3.8) is 0 Å². The second kappa shape index (κ2) is 11.0. The summed E-state index contributed by atoms with van der Waals surface area (Å²) in [5, 5.41) is 0.842. The number of hydrogen-bond donors (Lipinski definition) is 0. The van der Waals surface area contributed by atoms with E-state index in [0.717, 1.165) is 24.0 Å². The molecule has 0 aromatic heterocycles. The number of amides is 1. The van der Waals surface area contributed by atoms with Crippen molar-refractivity contribution in [2.45, 2.75) is 31.2 Å². The van der Waals surface area contributed by atoms with Crippen molar-refractivity contribution in [3.05, 3.63) is 69.5 Å². The Bertz CT molecular complexity index is 1280. The highest BCUT2D eigenvalue weighted by atomic mass is 35.5. The number of rotatable bonds is 8. The van der Waals surface area contributed by atoms with Gasteiger partial charge in [-0.1, -0.05) is 41.4 Å². The van der Waals surface area contributed by atoms with E-state index >= 15 is 0 Å². The average Bonchev–Trinajstić information content (AvgIpc) is 3.32. The first kappa shape index (κ1) is 27.8. The molecule has 1 aliphatic carbocycles. The highest BCUT2D eigenvalue weighted by Gasteiger charge is 2.62. The van der Waals surface area contributed by atoms with Crippen LogP contribution in [0, 0.1) is 11.7 Å². The van der Waals surface area contributed by atoms with Gasteiger partial charge in [0.05, 0.1) is 15.5 Å². The third-order valence-electron chi connectivity index (χ3n) is 8.13. The first-order valence-corrected chi connectivity index (χ1v) is 15.2. The van der Waals surface area contributed by atoms with Gasteiger partial charge in [-0.15, -0.1) is 0 Å². The van der Waals surface area contributed by atoms with Crippen molar-refractivity contribution < 1.29 is 17.6 Å². The lowest BCUT2D eigenvalue weighted by molar-refractivity contribution is -0.133. The quantitative estimate of drug-likeness (QED) is 0.472. The zero-order chi connectivity index (χ0) is 27.1. The molecule has 38 heavy (non-hydrogen) atoms. The fourth-order valence-electron chi connectivity index (χ4n) is 5.88. The second-order valence-corrected chi connectivity index (χ2v) is 13.3. The molecule has 5 rings (SSSR count). The number of nitrogens with zero attached hydrogens (tertiary/aromatic N) is 4. The van der Waals surface area contributed by atoms with Crippen LogP contribution in [0.2, 0.25) is 10.0 Å². The Morgan fingerprint density at radius 1 is 0.974 bits per heavy atom. The summed E-state index contributed by atoms with van der Waals surface area (Å²) < 4.78 is 42.5. The minimum atomic E-state index is -3.40. The molecule has 0 N–H and O–H groups in total. The maximum absolute atomic E-state index is 13.9. The molecule has 3 fully saturated rings. The molecule has 11 heteroatoms. The molecule has 1 amide bonds. The van der Waals surface area contributed by atoms with Crippen LogP contribution in [0.1, 0.15) is 30.4 Å². The number of piperazine rings is 1. The van der Waals surface area contributed by atoms with Gasteiger partial charge in [0.15, 0.2) is 0 Å². The number of benzene rings is 2. The summed E-state index contributed by atoms with van der Waals surface area (Å²) in [5.74, 6) is -0.268. The van der Waals surface area contributed by atoms with E-state index in [4.69, 9.17) is 23.2 Å². The Labute approximate surface area is 234 Å². The lowest BCUT2D eigenvalue weighted by Crippen LogP contribution is -2.53. The van der Waals surface area contributed by atoms with Crippen LogP contribution in [0.15, 0.2) is 42.5 Å². The van der Waals surface area contributed by atoms with Crippen molar-refractivity contribution in [1.82, 2.24) is 18.4 Å². The lowest BCUT2D eigenvalue weighted by Gasteiger charge is -2.36. The third kappa shape index (κ3) is 5.46. The van der Waals surface area contributed by atoms with Gasteiger partial charge in [-0.3, -0.25) is 4.79 Å². The van der Waals surface area contributed by atoms with E-state index < -0.39 is 15.6 Å². The summed E-state index contributed by atoms with van der Waals surface area (Å²) in [6.45, 7) is 4.40. The van der Waals surface area contributed by atoms with Crippen molar-refractivity contribution in [2.75, 3.05) is 52.9 Å². The molecule has 3 aliphatic rings. The Hall–Kier alpha value is -1.75. The molecule has 0 unspecified atom stereocenters. The van der Waals surface area contributed by atoms with Crippen molar-refractivity contribution in [1.29, 1.82) is 0 Å². The van der Waals surface area contributed by atoms with E-state index in [1.54, 1.807) is 44.8 Å². The van der Waals surface area contributed by atoms with Crippen molar-refractivity contribution >= 4 is 39.3 Å². The molecule has 7 nitrogen and oxygen atoms in total. The molecular formula is C27H33Cl2FN4O3S. The van der Waals surface area contributed by atoms with Gasteiger partial charge in [-0.05, 0) is 60.6 Å². The van der Waals surface area contributed by atoms with Crippen molar-refractivity contribution in [3.8, 4) is 0 Å². The zero-order valence-electron chi connectivity index (χ0n) is 21.5. The van der Waals surface area contributed by atoms with E-state index in [0.29, 0.717) is 68.8 Å². The highest BCUT2D eigenvalue weighted by Crippen LogP contribution is 2.56. The Morgan fingerprint density at radius 2 is 1.61 bits per heavy atom. The molecule has 206 valence electrons. The topological polar surface area (TPSA) is 64.2 Å². The fourth-order valence-corrected chi connectivity index (χ4v) is 7.84. The van der Waals surface area contributed by atoms with Gasteiger partial charge >= 0.3 is 0 Å². The Morgan fingerprint density at radius 3 is 2.24 bits per heavy atom. The first-order valence-electron chi connectivity index (χ1n) is 13.0. The maximum Gasteiger partial charge on any atom is 0.282 e.